The molecule has 4 nitrogen and oxygen atoms in total. The Morgan fingerprint density at radius 3 is 2.50 bits per heavy atom. The lowest BCUT2D eigenvalue weighted by atomic mass is 9.96. The number of rotatable bonds is 8. The van der Waals surface area contributed by atoms with E-state index in [1.54, 1.807) is 6.92 Å². The lowest BCUT2D eigenvalue weighted by Gasteiger charge is -2.21. The first-order valence-electron chi connectivity index (χ1n) is 10.6. The molecule has 32 heavy (non-hydrogen) atoms. The van der Waals surface area contributed by atoms with Crippen molar-refractivity contribution in [3.63, 3.8) is 0 Å². The van der Waals surface area contributed by atoms with Crippen LogP contribution in [0.1, 0.15) is 42.1 Å². The minimum Gasteiger partial charge on any atom is -0.485 e. The molecule has 4 rings (SSSR count). The summed E-state index contributed by atoms with van der Waals surface area (Å²) in [5.74, 6) is 5.37. The highest BCUT2D eigenvalue weighted by Gasteiger charge is 2.19. The van der Waals surface area contributed by atoms with Crippen LogP contribution in [0.3, 0.4) is 0 Å². The van der Waals surface area contributed by atoms with E-state index in [9.17, 15) is 9.90 Å². The highest BCUT2D eigenvalue weighted by molar-refractivity contribution is 5.83. The van der Waals surface area contributed by atoms with Crippen molar-refractivity contribution in [2.75, 3.05) is 0 Å². The van der Waals surface area contributed by atoms with E-state index in [-0.39, 0.29) is 18.4 Å². The summed E-state index contributed by atoms with van der Waals surface area (Å²) >= 11 is 0. The van der Waals surface area contributed by atoms with Crippen LogP contribution in [0.2, 0.25) is 0 Å². The van der Waals surface area contributed by atoms with E-state index in [4.69, 9.17) is 4.74 Å². The van der Waals surface area contributed by atoms with Crippen LogP contribution < -0.4 is 4.74 Å². The fourth-order valence-electron chi connectivity index (χ4n) is 3.98. The van der Waals surface area contributed by atoms with E-state index in [0.29, 0.717) is 0 Å². The molecular formula is C28H25NO3. The van der Waals surface area contributed by atoms with Gasteiger partial charge in [-0.05, 0) is 42.3 Å². The number of hydrogen-bond donors (Lipinski definition) is 2. The van der Waals surface area contributed by atoms with E-state index in [2.05, 4.69) is 47.2 Å². The second-order valence-electron chi connectivity index (χ2n) is 7.70. The largest absolute Gasteiger partial charge is 0.485 e. The fraction of sp³-hybridized carbons (Fsp3) is 0.179. The zero-order chi connectivity index (χ0) is 22.3. The predicted molar refractivity (Wildman–Crippen MR) is 127 cm³/mol. The number of ether oxygens (including phenoxy) is 1. The van der Waals surface area contributed by atoms with Gasteiger partial charge in [-0.2, -0.15) is 0 Å². The molecule has 3 aromatic carbocycles. The summed E-state index contributed by atoms with van der Waals surface area (Å²) in [6, 6.07) is 26.2. The van der Waals surface area contributed by atoms with Crippen LogP contribution in [-0.2, 0) is 11.2 Å². The van der Waals surface area contributed by atoms with Crippen molar-refractivity contribution in [3.05, 3.63) is 102 Å². The van der Waals surface area contributed by atoms with Crippen molar-refractivity contribution in [3.8, 4) is 17.6 Å². The van der Waals surface area contributed by atoms with Gasteiger partial charge in [-0.1, -0.05) is 60.5 Å². The first kappa shape index (κ1) is 21.3. The van der Waals surface area contributed by atoms with Crippen LogP contribution in [0.4, 0.5) is 0 Å². The summed E-state index contributed by atoms with van der Waals surface area (Å²) in [6.45, 7) is 1.72. The van der Waals surface area contributed by atoms with Crippen molar-refractivity contribution in [1.82, 2.24) is 4.98 Å². The molecule has 0 aliphatic rings. The second kappa shape index (κ2) is 9.89. The number of aromatic nitrogens is 1. The number of aliphatic carboxylic acids is 1. The highest BCUT2D eigenvalue weighted by Crippen LogP contribution is 2.31. The number of carbonyl (C=O) groups is 1. The van der Waals surface area contributed by atoms with Gasteiger partial charge in [0, 0.05) is 29.1 Å². The Hall–Kier alpha value is -3.97. The molecule has 2 atom stereocenters. The normalized spacial score (nSPS) is 12.5. The molecule has 0 aliphatic heterocycles. The van der Waals surface area contributed by atoms with Gasteiger partial charge in [0.15, 0.2) is 0 Å². The molecule has 0 spiro atoms. The SMILES string of the molecule is CC#CC(CC(=O)O)c1ccc(OC(Cc2ccccc2)c2cccc3[nH]ccc23)cc1. The molecule has 0 fully saturated rings. The molecule has 160 valence electrons. The molecule has 4 aromatic rings. The van der Waals surface area contributed by atoms with Crippen molar-refractivity contribution < 1.29 is 14.6 Å². The smallest absolute Gasteiger partial charge is 0.304 e. The number of carboxylic acid groups (broad SMARTS) is 1. The van der Waals surface area contributed by atoms with Crippen molar-refractivity contribution in [2.24, 2.45) is 0 Å². The molecule has 2 N–H and O–H groups in total. The van der Waals surface area contributed by atoms with Crippen LogP contribution in [0.15, 0.2) is 85.1 Å². The minimum atomic E-state index is -0.861. The molecule has 0 radical (unpaired) electrons. The number of H-pyrrole nitrogens is 1. The van der Waals surface area contributed by atoms with Crippen LogP contribution in [-0.4, -0.2) is 16.1 Å². The van der Waals surface area contributed by atoms with Gasteiger partial charge in [0.25, 0.3) is 0 Å². The summed E-state index contributed by atoms with van der Waals surface area (Å²) in [5, 5.41) is 10.3. The molecule has 0 saturated heterocycles. The Kier molecular flexibility index (Phi) is 6.57. The standard InChI is InChI=1S/C28H25NO3/c1-2-7-22(19-28(30)31)21-12-14-23(15-13-21)32-27(18-20-8-4-3-5-9-20)25-10-6-11-26-24(25)16-17-29-26/h3-6,8-17,22,27,29H,18-19H2,1H3,(H,30,31). The molecule has 0 saturated carbocycles. The number of hydrogen-bond acceptors (Lipinski definition) is 2. The maximum Gasteiger partial charge on any atom is 0.304 e. The first-order chi connectivity index (χ1) is 15.6. The molecule has 0 amide bonds. The minimum absolute atomic E-state index is 0.0207. The topological polar surface area (TPSA) is 62.3 Å². The highest BCUT2D eigenvalue weighted by atomic mass is 16.5. The van der Waals surface area contributed by atoms with E-state index in [0.717, 1.165) is 34.2 Å². The zero-order valence-electron chi connectivity index (χ0n) is 17.9. The van der Waals surface area contributed by atoms with Crippen LogP contribution in [0, 0.1) is 11.8 Å². The summed E-state index contributed by atoms with van der Waals surface area (Å²) in [6.07, 6.45) is 2.48. The maximum atomic E-state index is 11.2. The van der Waals surface area contributed by atoms with Crippen molar-refractivity contribution >= 4 is 16.9 Å². The van der Waals surface area contributed by atoms with Gasteiger partial charge in [-0.3, -0.25) is 4.79 Å². The summed E-state index contributed by atoms with van der Waals surface area (Å²) in [4.78, 5) is 14.5. The Bertz CT molecular complexity index is 1250. The molecular weight excluding hydrogens is 398 g/mol. The van der Waals surface area contributed by atoms with E-state index >= 15 is 0 Å². The van der Waals surface area contributed by atoms with Gasteiger partial charge >= 0.3 is 5.97 Å². The first-order valence-corrected chi connectivity index (χ1v) is 10.6. The lowest BCUT2D eigenvalue weighted by molar-refractivity contribution is -0.137. The van der Waals surface area contributed by atoms with Gasteiger partial charge in [0.05, 0.1) is 12.3 Å². The van der Waals surface area contributed by atoms with Gasteiger partial charge < -0.3 is 14.8 Å². The van der Waals surface area contributed by atoms with E-state index in [1.165, 1.54) is 5.56 Å². The average Bonchev–Trinajstić information content (AvgIpc) is 3.28. The fourth-order valence-corrected chi connectivity index (χ4v) is 3.98. The number of fused-ring (bicyclic) bond motifs is 1. The summed E-state index contributed by atoms with van der Waals surface area (Å²) < 4.78 is 6.49. The summed E-state index contributed by atoms with van der Waals surface area (Å²) in [7, 11) is 0. The van der Waals surface area contributed by atoms with Crippen LogP contribution in [0.25, 0.3) is 10.9 Å². The molecule has 2 unspecified atom stereocenters. The quantitative estimate of drug-likeness (QED) is 0.336. The molecule has 0 bridgehead atoms. The number of nitrogens with one attached hydrogen (secondary N) is 1. The third-order valence-electron chi connectivity index (χ3n) is 5.50. The molecule has 1 heterocycles. The van der Waals surface area contributed by atoms with Crippen molar-refractivity contribution in [2.45, 2.75) is 31.8 Å². The van der Waals surface area contributed by atoms with Gasteiger partial charge in [0.2, 0.25) is 0 Å². The summed E-state index contributed by atoms with van der Waals surface area (Å²) in [5.41, 5.74) is 4.27. The number of carboxylic acids is 1. The second-order valence-corrected chi connectivity index (χ2v) is 7.70. The monoisotopic (exact) mass is 423 g/mol. The Morgan fingerprint density at radius 1 is 1.00 bits per heavy atom. The van der Waals surface area contributed by atoms with E-state index < -0.39 is 5.97 Å². The van der Waals surface area contributed by atoms with Crippen molar-refractivity contribution in [1.29, 1.82) is 0 Å². The molecule has 0 aliphatic carbocycles. The van der Waals surface area contributed by atoms with Gasteiger partial charge in [0.1, 0.15) is 11.9 Å². The van der Waals surface area contributed by atoms with Crippen LogP contribution in [0.5, 0.6) is 5.75 Å². The zero-order valence-corrected chi connectivity index (χ0v) is 17.9. The number of aromatic amines is 1. The average molecular weight is 424 g/mol. The maximum absolute atomic E-state index is 11.2. The Balaban J connectivity index is 1.63. The number of benzene rings is 3. The van der Waals surface area contributed by atoms with Crippen LogP contribution >= 0.6 is 0 Å². The lowest BCUT2D eigenvalue weighted by Crippen LogP contribution is -2.11. The Labute approximate surface area is 187 Å². The van der Waals surface area contributed by atoms with E-state index in [1.807, 2.05) is 54.7 Å². The molecule has 1 aromatic heterocycles. The third kappa shape index (κ3) is 5.01. The predicted octanol–water partition coefficient (Wildman–Crippen LogP) is 6.11. The van der Waals surface area contributed by atoms with Gasteiger partial charge in [-0.15, -0.1) is 5.92 Å². The van der Waals surface area contributed by atoms with Gasteiger partial charge in [-0.25, -0.2) is 0 Å². The third-order valence-corrected chi connectivity index (χ3v) is 5.50. The Morgan fingerprint density at radius 2 is 1.78 bits per heavy atom. The molecule has 4 heteroatoms.